The number of carbonyl (C=O) groups is 2. The number of rotatable bonds is 5. The highest BCUT2D eigenvalue weighted by Gasteiger charge is 2.18. The molecule has 1 aromatic carbocycles. The molecule has 0 aliphatic rings. The average Bonchev–Trinajstić information content (AvgIpc) is 2.55. The molecule has 0 aliphatic carbocycles. The van der Waals surface area contributed by atoms with Crippen molar-refractivity contribution in [3.8, 4) is 0 Å². The lowest BCUT2D eigenvalue weighted by molar-refractivity contribution is -0.125. The topological polar surface area (TPSA) is 150 Å². The van der Waals surface area contributed by atoms with Crippen LogP contribution in [-0.2, 0) is 9.59 Å². The first-order valence-electron chi connectivity index (χ1n) is 7.38. The maximum Gasteiger partial charge on any atom is 0.272 e. The van der Waals surface area contributed by atoms with Crippen molar-refractivity contribution in [1.82, 2.24) is 15.5 Å². The minimum atomic E-state index is -0.711. The van der Waals surface area contributed by atoms with Crippen LogP contribution in [0.4, 0.5) is 5.69 Å². The first kappa shape index (κ1) is 17.4. The Morgan fingerprint density at radius 2 is 1.83 bits per heavy atom. The Kier molecular flexibility index (Phi) is 5.14. The summed E-state index contributed by atoms with van der Waals surface area (Å²) in [6, 6.07) is 3.80. The standard InChI is InChI=1S/C15H19N5O4/c1-7(2)12(16)15(24)17-6-10(21)18-9-5-3-4-8-11(9)14(23)20-19-13(8)22/h3-5,7,12H,6,16H2,1-2H3,(H,17,24)(H,18,21)(H,19,22)(H,20,23)/t12-/m0/s1. The molecule has 0 bridgehead atoms. The highest BCUT2D eigenvalue weighted by Crippen LogP contribution is 2.16. The van der Waals surface area contributed by atoms with Crippen LogP contribution >= 0.6 is 0 Å². The number of hydrogen-bond acceptors (Lipinski definition) is 5. The molecule has 1 heterocycles. The number of H-pyrrole nitrogens is 2. The van der Waals surface area contributed by atoms with E-state index in [1.165, 1.54) is 12.1 Å². The quantitative estimate of drug-likeness (QED) is 0.488. The number of benzene rings is 1. The Morgan fingerprint density at radius 3 is 2.50 bits per heavy atom. The van der Waals surface area contributed by atoms with E-state index < -0.39 is 29.0 Å². The van der Waals surface area contributed by atoms with Crippen LogP contribution in [-0.4, -0.2) is 34.6 Å². The van der Waals surface area contributed by atoms with Crippen LogP contribution in [0.2, 0.25) is 0 Å². The van der Waals surface area contributed by atoms with Crippen LogP contribution in [0.1, 0.15) is 13.8 Å². The molecule has 0 saturated heterocycles. The third kappa shape index (κ3) is 3.69. The van der Waals surface area contributed by atoms with E-state index in [0.29, 0.717) is 0 Å². The van der Waals surface area contributed by atoms with Gasteiger partial charge < -0.3 is 16.4 Å². The molecule has 1 aromatic heterocycles. The van der Waals surface area contributed by atoms with Gasteiger partial charge in [0.15, 0.2) is 0 Å². The molecule has 9 heteroatoms. The Hall–Kier alpha value is -2.94. The second-order valence-corrected chi connectivity index (χ2v) is 5.67. The molecule has 0 saturated carbocycles. The van der Waals surface area contributed by atoms with Crippen molar-refractivity contribution in [2.24, 2.45) is 11.7 Å². The summed E-state index contributed by atoms with van der Waals surface area (Å²) in [5.74, 6) is -1.03. The number of hydrogen-bond donors (Lipinski definition) is 5. The first-order chi connectivity index (χ1) is 11.3. The van der Waals surface area contributed by atoms with Gasteiger partial charge in [-0.05, 0) is 18.1 Å². The van der Waals surface area contributed by atoms with Gasteiger partial charge >= 0.3 is 0 Å². The predicted octanol–water partition coefficient (Wildman–Crippen LogP) is -0.746. The summed E-state index contributed by atoms with van der Waals surface area (Å²) in [4.78, 5) is 47.3. The minimum Gasteiger partial charge on any atom is -0.346 e. The molecular formula is C15H19N5O4. The second-order valence-electron chi connectivity index (χ2n) is 5.67. The lowest BCUT2D eigenvalue weighted by Gasteiger charge is -2.15. The third-order valence-electron chi connectivity index (χ3n) is 3.54. The Bertz CT molecular complexity index is 883. The van der Waals surface area contributed by atoms with Crippen molar-refractivity contribution < 1.29 is 9.59 Å². The van der Waals surface area contributed by atoms with E-state index in [-0.39, 0.29) is 28.9 Å². The molecule has 6 N–H and O–H groups in total. The Labute approximate surface area is 136 Å². The SMILES string of the molecule is CC(C)[C@H](N)C(=O)NCC(=O)Nc1cccc2c(=O)[nH][nH]c(=O)c12. The lowest BCUT2D eigenvalue weighted by Crippen LogP contribution is -2.46. The van der Waals surface area contributed by atoms with Crippen LogP contribution in [0, 0.1) is 5.92 Å². The predicted molar refractivity (Wildman–Crippen MR) is 89.6 cm³/mol. The second kappa shape index (κ2) is 7.09. The van der Waals surface area contributed by atoms with Gasteiger partial charge in [0.2, 0.25) is 11.8 Å². The zero-order chi connectivity index (χ0) is 17.9. The molecule has 0 fully saturated rings. The minimum absolute atomic E-state index is 0.0589. The maximum atomic E-state index is 12.0. The van der Waals surface area contributed by atoms with E-state index >= 15 is 0 Å². The van der Waals surface area contributed by atoms with Crippen LogP contribution < -0.4 is 27.5 Å². The van der Waals surface area contributed by atoms with E-state index in [1.54, 1.807) is 19.9 Å². The van der Waals surface area contributed by atoms with Crippen LogP contribution in [0.3, 0.4) is 0 Å². The van der Waals surface area contributed by atoms with Crippen LogP contribution in [0.15, 0.2) is 27.8 Å². The molecule has 2 rings (SSSR count). The summed E-state index contributed by atoms with van der Waals surface area (Å²) in [6.45, 7) is 3.30. The Balaban J connectivity index is 2.15. The number of nitrogens with two attached hydrogens (primary N) is 1. The molecule has 0 unspecified atom stereocenters. The summed E-state index contributed by atoms with van der Waals surface area (Å²) >= 11 is 0. The fourth-order valence-electron chi connectivity index (χ4n) is 2.12. The van der Waals surface area contributed by atoms with Gasteiger partial charge in [-0.15, -0.1) is 0 Å². The van der Waals surface area contributed by atoms with Gasteiger partial charge in [-0.25, -0.2) is 0 Å². The lowest BCUT2D eigenvalue weighted by atomic mass is 10.1. The molecule has 0 spiro atoms. The van der Waals surface area contributed by atoms with Gasteiger partial charge in [0, 0.05) is 0 Å². The molecular weight excluding hydrogens is 314 g/mol. The zero-order valence-electron chi connectivity index (χ0n) is 13.3. The van der Waals surface area contributed by atoms with Gasteiger partial charge in [0.1, 0.15) is 0 Å². The largest absolute Gasteiger partial charge is 0.346 e. The highest BCUT2D eigenvalue weighted by molar-refractivity contribution is 6.02. The number of anilines is 1. The normalized spacial score (nSPS) is 12.2. The number of nitrogens with one attached hydrogen (secondary N) is 4. The molecule has 0 radical (unpaired) electrons. The molecule has 0 aliphatic heterocycles. The smallest absolute Gasteiger partial charge is 0.272 e. The van der Waals surface area contributed by atoms with Crippen molar-refractivity contribution in [2.45, 2.75) is 19.9 Å². The number of amides is 2. The van der Waals surface area contributed by atoms with Crippen LogP contribution in [0.5, 0.6) is 0 Å². The van der Waals surface area contributed by atoms with Crippen molar-refractivity contribution in [3.63, 3.8) is 0 Å². The fraction of sp³-hybridized carbons (Fsp3) is 0.333. The summed E-state index contributed by atoms with van der Waals surface area (Å²) in [5, 5.41) is 9.57. The van der Waals surface area contributed by atoms with Crippen molar-refractivity contribution in [3.05, 3.63) is 38.9 Å². The van der Waals surface area contributed by atoms with Crippen molar-refractivity contribution in [1.29, 1.82) is 0 Å². The van der Waals surface area contributed by atoms with Crippen LogP contribution in [0.25, 0.3) is 10.8 Å². The molecule has 2 amide bonds. The van der Waals surface area contributed by atoms with Gasteiger partial charge in [0.25, 0.3) is 11.1 Å². The van der Waals surface area contributed by atoms with Gasteiger partial charge in [0.05, 0.1) is 29.0 Å². The monoisotopic (exact) mass is 333 g/mol. The van der Waals surface area contributed by atoms with Gasteiger partial charge in [-0.2, -0.15) is 0 Å². The van der Waals surface area contributed by atoms with E-state index in [1.807, 2.05) is 0 Å². The summed E-state index contributed by atoms with van der Waals surface area (Å²) in [5.41, 5.74) is 4.86. The maximum absolute atomic E-state index is 12.0. The molecule has 24 heavy (non-hydrogen) atoms. The van der Waals surface area contributed by atoms with Crippen molar-refractivity contribution in [2.75, 3.05) is 11.9 Å². The number of fused-ring (bicyclic) bond motifs is 1. The zero-order valence-corrected chi connectivity index (χ0v) is 13.3. The number of aromatic amines is 2. The number of aromatic nitrogens is 2. The number of carbonyl (C=O) groups excluding carboxylic acids is 2. The summed E-state index contributed by atoms with van der Waals surface area (Å²) in [7, 11) is 0. The highest BCUT2D eigenvalue weighted by atomic mass is 16.2. The first-order valence-corrected chi connectivity index (χ1v) is 7.38. The van der Waals surface area contributed by atoms with E-state index in [4.69, 9.17) is 5.73 Å². The van der Waals surface area contributed by atoms with E-state index in [2.05, 4.69) is 20.8 Å². The van der Waals surface area contributed by atoms with Gasteiger partial charge in [-0.3, -0.25) is 29.4 Å². The average molecular weight is 333 g/mol. The van der Waals surface area contributed by atoms with Crippen molar-refractivity contribution >= 4 is 28.3 Å². The van der Waals surface area contributed by atoms with E-state index in [9.17, 15) is 19.2 Å². The van der Waals surface area contributed by atoms with Gasteiger partial charge in [-0.1, -0.05) is 19.9 Å². The molecule has 1 atom stereocenters. The third-order valence-corrected chi connectivity index (χ3v) is 3.54. The molecule has 2 aromatic rings. The Morgan fingerprint density at radius 1 is 1.17 bits per heavy atom. The van der Waals surface area contributed by atoms with E-state index in [0.717, 1.165) is 0 Å². The summed E-state index contributed by atoms with van der Waals surface area (Å²) in [6.07, 6.45) is 0. The molecule has 9 nitrogen and oxygen atoms in total. The fourth-order valence-corrected chi connectivity index (χ4v) is 2.12. The molecule has 128 valence electrons. The summed E-state index contributed by atoms with van der Waals surface area (Å²) < 4.78 is 0.